The monoisotopic (exact) mass is 251 g/mol. The molecule has 3 N–H and O–H groups in total. The largest absolute Gasteiger partial charge is 0.495 e. The number of hydrogen-bond acceptors (Lipinski definition) is 4. The molecule has 0 fully saturated rings. The zero-order valence-electron chi connectivity index (χ0n) is 10.2. The number of carbonyl (C=O) groups excluding carboxylic acids is 1. The van der Waals surface area contributed by atoms with Gasteiger partial charge in [-0.3, -0.25) is 4.79 Å². The molecule has 0 bridgehead atoms. The number of carbonyl (C=O) groups is 1. The second kappa shape index (κ2) is 5.36. The average molecular weight is 252 g/mol. The molecule has 0 aromatic rings. The van der Waals surface area contributed by atoms with Gasteiger partial charge in [-0.2, -0.15) is 0 Å². The Hall–Kier alpha value is -0.295. The van der Waals surface area contributed by atoms with Gasteiger partial charge in [0.1, 0.15) is 5.40 Å². The minimum Gasteiger partial charge on any atom is -0.425 e. The highest BCUT2D eigenvalue weighted by Gasteiger charge is 2.41. The van der Waals surface area contributed by atoms with Crippen LogP contribution in [-0.4, -0.2) is 39.8 Å². The molecule has 0 spiro atoms. The SMILES string of the molecule is CC(=O)NC(Cl)B(O)OC(C)(C)C(C)(C)O. The Morgan fingerprint density at radius 3 is 2.19 bits per heavy atom. The van der Waals surface area contributed by atoms with Crippen LogP contribution in [0.15, 0.2) is 0 Å². The second-order valence-electron chi connectivity index (χ2n) is 4.68. The first-order chi connectivity index (χ1) is 6.97. The number of rotatable bonds is 5. The molecule has 0 aliphatic rings. The van der Waals surface area contributed by atoms with Gasteiger partial charge in [-0.1, -0.05) is 0 Å². The number of nitrogens with one attached hydrogen (secondary N) is 1. The van der Waals surface area contributed by atoms with Gasteiger partial charge in [0.25, 0.3) is 0 Å². The minimum atomic E-state index is -1.40. The van der Waals surface area contributed by atoms with E-state index in [2.05, 4.69) is 5.32 Å². The average Bonchev–Trinajstić information content (AvgIpc) is 1.99. The standard InChI is InChI=1S/C9H19BClNO4/c1-6(13)12-7(11)10(15)16-9(4,5)8(2,3)14/h7,14-15H,1-5H3,(H,12,13). The summed E-state index contributed by atoms with van der Waals surface area (Å²) in [5.74, 6) is -0.372. The quantitative estimate of drug-likeness (QED) is 0.372. The molecule has 16 heavy (non-hydrogen) atoms. The number of halogens is 1. The van der Waals surface area contributed by atoms with Gasteiger partial charge in [-0.15, -0.1) is 11.6 Å². The predicted octanol–water partition coefficient (Wildman–Crippen LogP) is 0.273. The van der Waals surface area contributed by atoms with E-state index in [1.807, 2.05) is 0 Å². The van der Waals surface area contributed by atoms with Crippen LogP contribution in [0.5, 0.6) is 0 Å². The molecule has 0 aliphatic carbocycles. The van der Waals surface area contributed by atoms with E-state index in [4.69, 9.17) is 16.3 Å². The zero-order valence-corrected chi connectivity index (χ0v) is 11.0. The van der Waals surface area contributed by atoms with E-state index in [0.29, 0.717) is 0 Å². The molecule has 0 rings (SSSR count). The summed E-state index contributed by atoms with van der Waals surface area (Å²) in [5.41, 5.74) is -2.15. The summed E-state index contributed by atoms with van der Waals surface area (Å²) in [5, 5.41) is 20.6. The molecule has 5 nitrogen and oxygen atoms in total. The maximum absolute atomic E-state index is 10.7. The van der Waals surface area contributed by atoms with Crippen LogP contribution in [0.25, 0.3) is 0 Å². The Bertz CT molecular complexity index is 254. The van der Waals surface area contributed by atoms with Crippen molar-refractivity contribution < 1.29 is 19.6 Å². The molecule has 1 unspecified atom stereocenters. The maximum Gasteiger partial charge on any atom is 0.495 e. The molecule has 0 aliphatic heterocycles. The van der Waals surface area contributed by atoms with Crippen molar-refractivity contribution in [1.29, 1.82) is 0 Å². The van der Waals surface area contributed by atoms with E-state index in [9.17, 15) is 14.9 Å². The van der Waals surface area contributed by atoms with E-state index in [-0.39, 0.29) is 5.91 Å². The smallest absolute Gasteiger partial charge is 0.425 e. The highest BCUT2D eigenvalue weighted by Crippen LogP contribution is 2.26. The molecule has 0 aromatic heterocycles. The number of alkyl halides is 1. The van der Waals surface area contributed by atoms with Crippen LogP contribution >= 0.6 is 11.6 Å². The maximum atomic E-state index is 10.7. The van der Waals surface area contributed by atoms with Crippen LogP contribution in [-0.2, 0) is 9.45 Å². The predicted molar refractivity (Wildman–Crippen MR) is 62.9 cm³/mol. The summed E-state index contributed by atoms with van der Waals surface area (Å²) in [4.78, 5) is 10.7. The first-order valence-electron chi connectivity index (χ1n) is 4.97. The van der Waals surface area contributed by atoms with E-state index in [1.54, 1.807) is 27.7 Å². The lowest BCUT2D eigenvalue weighted by Crippen LogP contribution is -2.54. The van der Waals surface area contributed by atoms with Crippen molar-refractivity contribution in [3.63, 3.8) is 0 Å². The third-order valence-corrected chi connectivity index (χ3v) is 2.80. The van der Waals surface area contributed by atoms with Gasteiger partial charge < -0.3 is 20.1 Å². The van der Waals surface area contributed by atoms with Crippen molar-refractivity contribution in [2.24, 2.45) is 0 Å². The number of hydrogen-bond donors (Lipinski definition) is 3. The summed E-state index contributed by atoms with van der Waals surface area (Å²) in [6, 6.07) is 0. The summed E-state index contributed by atoms with van der Waals surface area (Å²) in [7, 11) is -1.40. The summed E-state index contributed by atoms with van der Waals surface area (Å²) >= 11 is 5.69. The van der Waals surface area contributed by atoms with Gasteiger partial charge >= 0.3 is 7.12 Å². The molecular weight excluding hydrogens is 232 g/mol. The number of aliphatic hydroxyl groups is 1. The van der Waals surface area contributed by atoms with Gasteiger partial charge in [0, 0.05) is 6.92 Å². The zero-order chi connectivity index (χ0) is 13.1. The third kappa shape index (κ3) is 4.70. The molecule has 0 radical (unpaired) electrons. The molecular formula is C9H19BClNO4. The van der Waals surface area contributed by atoms with Crippen molar-refractivity contribution in [2.45, 2.75) is 51.2 Å². The van der Waals surface area contributed by atoms with Gasteiger partial charge in [0.15, 0.2) is 0 Å². The van der Waals surface area contributed by atoms with Crippen LogP contribution in [0.4, 0.5) is 0 Å². The minimum absolute atomic E-state index is 0.372. The molecule has 0 saturated carbocycles. The highest BCUT2D eigenvalue weighted by atomic mass is 35.5. The lowest BCUT2D eigenvalue weighted by atomic mass is 9.83. The van der Waals surface area contributed by atoms with Gasteiger partial charge in [-0.25, -0.2) is 0 Å². The molecule has 0 aromatic carbocycles. The van der Waals surface area contributed by atoms with E-state index < -0.39 is 23.7 Å². The van der Waals surface area contributed by atoms with Crippen molar-refractivity contribution in [3.8, 4) is 0 Å². The van der Waals surface area contributed by atoms with Crippen LogP contribution in [0.1, 0.15) is 34.6 Å². The van der Waals surface area contributed by atoms with Gasteiger partial charge in [0.05, 0.1) is 11.2 Å². The van der Waals surface area contributed by atoms with E-state index in [1.165, 1.54) is 6.92 Å². The topological polar surface area (TPSA) is 78.8 Å². The Morgan fingerprint density at radius 1 is 1.44 bits per heavy atom. The summed E-state index contributed by atoms with van der Waals surface area (Å²) in [6.45, 7) is 7.63. The fourth-order valence-corrected chi connectivity index (χ4v) is 0.976. The van der Waals surface area contributed by atoms with Crippen molar-refractivity contribution >= 4 is 24.6 Å². The third-order valence-electron chi connectivity index (χ3n) is 2.48. The van der Waals surface area contributed by atoms with Crippen LogP contribution in [0.2, 0.25) is 0 Å². The molecule has 1 atom stereocenters. The van der Waals surface area contributed by atoms with Crippen molar-refractivity contribution in [1.82, 2.24) is 5.32 Å². The Kier molecular flexibility index (Phi) is 5.26. The molecule has 7 heteroatoms. The van der Waals surface area contributed by atoms with Crippen LogP contribution < -0.4 is 5.32 Å². The van der Waals surface area contributed by atoms with Crippen LogP contribution in [0.3, 0.4) is 0 Å². The molecule has 0 saturated heterocycles. The fourth-order valence-electron chi connectivity index (χ4n) is 0.771. The Balaban J connectivity index is 4.44. The molecule has 0 heterocycles. The lowest BCUT2D eigenvalue weighted by molar-refractivity contribution is -0.119. The van der Waals surface area contributed by atoms with Crippen LogP contribution in [0, 0.1) is 0 Å². The van der Waals surface area contributed by atoms with Crippen molar-refractivity contribution in [2.75, 3.05) is 0 Å². The summed E-state index contributed by atoms with van der Waals surface area (Å²) < 4.78 is 5.22. The first-order valence-corrected chi connectivity index (χ1v) is 5.40. The first kappa shape index (κ1) is 15.7. The summed E-state index contributed by atoms with van der Waals surface area (Å²) in [6.07, 6.45) is 0. The van der Waals surface area contributed by atoms with Crippen molar-refractivity contribution in [3.05, 3.63) is 0 Å². The Labute approximate surface area is 101 Å². The van der Waals surface area contributed by atoms with E-state index in [0.717, 1.165) is 0 Å². The van der Waals surface area contributed by atoms with Gasteiger partial charge in [0.2, 0.25) is 5.91 Å². The number of amides is 1. The molecule has 94 valence electrons. The normalized spacial score (nSPS) is 14.5. The lowest BCUT2D eigenvalue weighted by Gasteiger charge is -2.38. The van der Waals surface area contributed by atoms with Gasteiger partial charge in [-0.05, 0) is 27.7 Å². The van der Waals surface area contributed by atoms with E-state index >= 15 is 0 Å². The molecule has 1 amide bonds. The fraction of sp³-hybridized carbons (Fsp3) is 0.889. The second-order valence-corrected chi connectivity index (χ2v) is 5.15. The highest BCUT2D eigenvalue weighted by molar-refractivity contribution is 6.58. The Morgan fingerprint density at radius 2 is 1.88 bits per heavy atom.